The molecule has 1 saturated heterocycles. The first-order valence-corrected chi connectivity index (χ1v) is 9.51. The lowest BCUT2D eigenvalue weighted by atomic mass is 10.1. The van der Waals surface area contributed by atoms with Crippen LogP contribution in [-0.2, 0) is 0 Å². The van der Waals surface area contributed by atoms with Gasteiger partial charge in [0.2, 0.25) is 0 Å². The van der Waals surface area contributed by atoms with Crippen molar-refractivity contribution in [3.05, 3.63) is 63.7 Å². The van der Waals surface area contributed by atoms with E-state index >= 15 is 0 Å². The van der Waals surface area contributed by atoms with E-state index in [1.54, 1.807) is 36.4 Å². The number of benzene rings is 2. The Morgan fingerprint density at radius 3 is 2.48 bits per heavy atom. The van der Waals surface area contributed by atoms with Gasteiger partial charge in [-0.1, -0.05) is 12.1 Å². The molecule has 152 valence electrons. The lowest BCUT2D eigenvalue weighted by Crippen LogP contribution is -2.29. The van der Waals surface area contributed by atoms with Gasteiger partial charge in [0.05, 0.1) is 24.7 Å². The van der Waals surface area contributed by atoms with Crippen molar-refractivity contribution >= 4 is 23.2 Å². The predicted octanol–water partition coefficient (Wildman–Crippen LogP) is 4.50. The van der Waals surface area contributed by atoms with Gasteiger partial charge in [-0.2, -0.15) is 0 Å². The van der Waals surface area contributed by atoms with E-state index in [9.17, 15) is 14.9 Å². The highest BCUT2D eigenvalue weighted by molar-refractivity contribution is 6.08. The Balaban J connectivity index is 1.84. The summed E-state index contributed by atoms with van der Waals surface area (Å²) in [6.45, 7) is 1.65. The van der Waals surface area contributed by atoms with Crippen LogP contribution in [-0.4, -0.2) is 38.0 Å². The number of allylic oxidation sites excluding steroid dienone is 1. The van der Waals surface area contributed by atoms with Crippen molar-refractivity contribution < 1.29 is 19.2 Å². The van der Waals surface area contributed by atoms with Gasteiger partial charge in [0.15, 0.2) is 5.78 Å². The van der Waals surface area contributed by atoms with Crippen LogP contribution in [0.25, 0.3) is 6.08 Å². The topological polar surface area (TPSA) is 81.9 Å². The van der Waals surface area contributed by atoms with E-state index in [4.69, 9.17) is 9.47 Å². The second kappa shape index (κ2) is 9.23. The standard InChI is InChI=1S/C22H24N2O5/c1-28-17-8-9-18(22(15-17)29-2)21(25)11-7-16-6-10-19(20(14-16)24(26)27)23-12-4-3-5-13-23/h6-11,14-15H,3-5,12-13H2,1-2H3. The Hall–Kier alpha value is -3.35. The van der Waals surface area contributed by atoms with E-state index in [0.717, 1.165) is 32.4 Å². The quantitative estimate of drug-likeness (QED) is 0.297. The summed E-state index contributed by atoms with van der Waals surface area (Å²) in [5.74, 6) is 0.740. The fraction of sp³-hybridized carbons (Fsp3) is 0.318. The molecule has 0 amide bonds. The van der Waals surface area contributed by atoms with Crippen LogP contribution < -0.4 is 14.4 Å². The third-order valence-corrected chi connectivity index (χ3v) is 4.99. The number of nitro groups is 1. The van der Waals surface area contributed by atoms with Crippen LogP contribution in [0.5, 0.6) is 11.5 Å². The molecule has 29 heavy (non-hydrogen) atoms. The van der Waals surface area contributed by atoms with Gasteiger partial charge in [-0.05, 0) is 49.1 Å². The van der Waals surface area contributed by atoms with Crippen LogP contribution in [0.3, 0.4) is 0 Å². The molecule has 0 radical (unpaired) electrons. The molecule has 3 rings (SSSR count). The second-order valence-electron chi connectivity index (χ2n) is 6.82. The first kappa shape index (κ1) is 20.4. The fourth-order valence-corrected chi connectivity index (χ4v) is 3.46. The normalized spacial score (nSPS) is 14.1. The highest BCUT2D eigenvalue weighted by atomic mass is 16.6. The zero-order chi connectivity index (χ0) is 20.8. The molecule has 0 atom stereocenters. The smallest absolute Gasteiger partial charge is 0.293 e. The maximum atomic E-state index is 12.6. The van der Waals surface area contributed by atoms with E-state index < -0.39 is 0 Å². The average molecular weight is 396 g/mol. The summed E-state index contributed by atoms with van der Waals surface area (Å²) in [6.07, 6.45) is 6.21. The van der Waals surface area contributed by atoms with Crippen molar-refractivity contribution in [3.8, 4) is 11.5 Å². The second-order valence-corrected chi connectivity index (χ2v) is 6.82. The third-order valence-electron chi connectivity index (χ3n) is 4.99. The van der Waals surface area contributed by atoms with Gasteiger partial charge in [0, 0.05) is 25.2 Å². The van der Waals surface area contributed by atoms with Crippen LogP contribution in [0.2, 0.25) is 0 Å². The summed E-state index contributed by atoms with van der Waals surface area (Å²) in [5.41, 5.74) is 1.68. The van der Waals surface area contributed by atoms with Crippen LogP contribution >= 0.6 is 0 Å². The van der Waals surface area contributed by atoms with Gasteiger partial charge in [0.1, 0.15) is 17.2 Å². The first-order chi connectivity index (χ1) is 14.0. The fourth-order valence-electron chi connectivity index (χ4n) is 3.46. The van der Waals surface area contributed by atoms with E-state index in [-0.39, 0.29) is 16.4 Å². The minimum Gasteiger partial charge on any atom is -0.497 e. The molecule has 1 aliphatic heterocycles. The van der Waals surface area contributed by atoms with Crippen molar-refractivity contribution in [2.45, 2.75) is 19.3 Å². The maximum Gasteiger partial charge on any atom is 0.293 e. The number of piperidine rings is 1. The molecule has 7 nitrogen and oxygen atoms in total. The molecule has 1 aliphatic rings. The Bertz CT molecular complexity index is 933. The molecule has 1 fully saturated rings. The molecular formula is C22H24N2O5. The Labute approximate surface area is 169 Å². The van der Waals surface area contributed by atoms with Gasteiger partial charge < -0.3 is 14.4 Å². The zero-order valence-corrected chi connectivity index (χ0v) is 16.6. The monoisotopic (exact) mass is 396 g/mol. The number of hydrogen-bond donors (Lipinski definition) is 0. The van der Waals surface area contributed by atoms with E-state index in [2.05, 4.69) is 4.90 Å². The lowest BCUT2D eigenvalue weighted by molar-refractivity contribution is -0.384. The van der Waals surface area contributed by atoms with Crippen LogP contribution in [0.1, 0.15) is 35.2 Å². The van der Waals surface area contributed by atoms with E-state index in [1.807, 2.05) is 0 Å². The highest BCUT2D eigenvalue weighted by Gasteiger charge is 2.21. The van der Waals surface area contributed by atoms with Gasteiger partial charge >= 0.3 is 0 Å². The van der Waals surface area contributed by atoms with E-state index in [0.29, 0.717) is 28.3 Å². The summed E-state index contributed by atoms with van der Waals surface area (Å²) in [6, 6.07) is 10.0. The molecule has 1 heterocycles. The molecule has 0 saturated carbocycles. The molecule has 0 spiro atoms. The summed E-state index contributed by atoms with van der Waals surface area (Å²) in [7, 11) is 3.02. The van der Waals surface area contributed by atoms with Crippen LogP contribution in [0.4, 0.5) is 11.4 Å². The number of ketones is 1. The predicted molar refractivity (Wildman–Crippen MR) is 112 cm³/mol. The molecule has 0 bridgehead atoms. The van der Waals surface area contributed by atoms with Crippen molar-refractivity contribution in [3.63, 3.8) is 0 Å². The summed E-state index contributed by atoms with van der Waals surface area (Å²) < 4.78 is 10.4. The Morgan fingerprint density at radius 2 is 1.83 bits per heavy atom. The molecule has 2 aromatic rings. The first-order valence-electron chi connectivity index (χ1n) is 9.51. The summed E-state index contributed by atoms with van der Waals surface area (Å²) >= 11 is 0. The number of rotatable bonds is 7. The molecule has 2 aromatic carbocycles. The van der Waals surface area contributed by atoms with Gasteiger partial charge in [-0.25, -0.2) is 0 Å². The highest BCUT2D eigenvalue weighted by Crippen LogP contribution is 2.32. The van der Waals surface area contributed by atoms with Gasteiger partial charge in [0.25, 0.3) is 5.69 Å². The van der Waals surface area contributed by atoms with Crippen molar-refractivity contribution in [2.75, 3.05) is 32.2 Å². The number of ether oxygens (including phenoxy) is 2. The van der Waals surface area contributed by atoms with Crippen molar-refractivity contribution in [1.29, 1.82) is 0 Å². The van der Waals surface area contributed by atoms with Crippen LogP contribution in [0.15, 0.2) is 42.5 Å². The van der Waals surface area contributed by atoms with E-state index in [1.165, 1.54) is 26.4 Å². The number of nitro benzene ring substituents is 1. The number of anilines is 1. The average Bonchev–Trinajstić information content (AvgIpc) is 2.77. The molecule has 0 aliphatic carbocycles. The Kier molecular flexibility index (Phi) is 6.49. The van der Waals surface area contributed by atoms with Crippen molar-refractivity contribution in [2.24, 2.45) is 0 Å². The van der Waals surface area contributed by atoms with Gasteiger partial charge in [-0.3, -0.25) is 14.9 Å². The number of methoxy groups -OCH3 is 2. The molecule has 0 aromatic heterocycles. The Morgan fingerprint density at radius 1 is 1.07 bits per heavy atom. The molecule has 7 heteroatoms. The van der Waals surface area contributed by atoms with Crippen molar-refractivity contribution in [1.82, 2.24) is 0 Å². The SMILES string of the molecule is COc1ccc(C(=O)C=Cc2ccc(N3CCCCC3)c([N+](=O)[O-])c2)c(OC)c1. The largest absolute Gasteiger partial charge is 0.497 e. The van der Waals surface area contributed by atoms with Crippen LogP contribution in [0, 0.1) is 10.1 Å². The molecule has 0 unspecified atom stereocenters. The number of hydrogen-bond acceptors (Lipinski definition) is 6. The zero-order valence-electron chi connectivity index (χ0n) is 16.6. The minimum atomic E-state index is -0.365. The maximum absolute atomic E-state index is 12.6. The number of carbonyl (C=O) groups excluding carboxylic acids is 1. The summed E-state index contributed by atoms with van der Waals surface area (Å²) in [5, 5.41) is 11.6. The lowest BCUT2D eigenvalue weighted by Gasteiger charge is -2.28. The molecule has 0 N–H and O–H groups in total. The molecular weight excluding hydrogens is 372 g/mol. The van der Waals surface area contributed by atoms with Gasteiger partial charge in [-0.15, -0.1) is 0 Å². The number of nitrogens with zero attached hydrogens (tertiary/aromatic N) is 2. The third kappa shape index (κ3) is 4.74. The minimum absolute atomic E-state index is 0.0588. The number of carbonyl (C=O) groups is 1. The summed E-state index contributed by atoms with van der Waals surface area (Å²) in [4.78, 5) is 25.9.